The van der Waals surface area contributed by atoms with E-state index in [0.29, 0.717) is 5.75 Å². The van der Waals surface area contributed by atoms with E-state index in [-0.39, 0.29) is 0 Å². The van der Waals surface area contributed by atoms with Gasteiger partial charge in [0.15, 0.2) is 4.90 Å². The van der Waals surface area contributed by atoms with Crippen LogP contribution in [0.15, 0.2) is 41.3 Å². The Morgan fingerprint density at radius 3 is 2.55 bits per heavy atom. The first-order valence-corrected chi connectivity index (χ1v) is 4.63. The van der Waals surface area contributed by atoms with Crippen molar-refractivity contribution in [3.63, 3.8) is 0 Å². The fraction of sp³-hybridized carbons (Fsp3) is 0.111. The van der Waals surface area contributed by atoms with E-state index in [0.717, 1.165) is 4.90 Å². The van der Waals surface area contributed by atoms with Gasteiger partial charge in [-0.3, -0.25) is 0 Å². The van der Waals surface area contributed by atoms with E-state index in [1.807, 2.05) is 30.3 Å². The molecule has 0 bridgehead atoms. The monoisotopic (exact) mass is 165 g/mol. The van der Waals surface area contributed by atoms with E-state index in [1.165, 1.54) is 6.08 Å². The summed E-state index contributed by atoms with van der Waals surface area (Å²) in [7, 11) is 0. The molecular weight excluding hydrogens is 156 g/mol. The van der Waals surface area contributed by atoms with Gasteiger partial charge in [-0.2, -0.15) is 0 Å². The van der Waals surface area contributed by atoms with Crippen LogP contribution in [0.4, 0.5) is 0 Å². The highest BCUT2D eigenvalue weighted by Crippen LogP contribution is 2.09. The molecule has 0 spiro atoms. The summed E-state index contributed by atoms with van der Waals surface area (Å²) in [4.78, 5) is 0.828. The van der Waals surface area contributed by atoms with Gasteiger partial charge in [0.05, 0.1) is 0 Å². The van der Waals surface area contributed by atoms with Crippen molar-refractivity contribution in [2.75, 3.05) is 5.75 Å². The van der Waals surface area contributed by atoms with Crippen molar-refractivity contribution in [2.45, 2.75) is 4.90 Å². The summed E-state index contributed by atoms with van der Waals surface area (Å²) in [6.07, 6.45) is 1.42. The molecule has 1 unspecified atom stereocenters. The average molecular weight is 165 g/mol. The summed E-state index contributed by atoms with van der Waals surface area (Å²) >= 11 is -0.964. The smallest absolute Gasteiger partial charge is 0.152 e. The first-order chi connectivity index (χ1) is 5.34. The third-order valence-corrected chi connectivity index (χ3v) is 2.55. The van der Waals surface area contributed by atoms with Gasteiger partial charge in [0.25, 0.3) is 0 Å². The third-order valence-electron chi connectivity index (χ3n) is 1.25. The molecule has 0 heterocycles. The first-order valence-electron chi connectivity index (χ1n) is 3.31. The van der Waals surface area contributed by atoms with Gasteiger partial charge >= 0.3 is 0 Å². The van der Waals surface area contributed by atoms with Crippen LogP contribution in [-0.4, -0.2) is 10.3 Å². The molecule has 0 amide bonds. The zero-order valence-corrected chi connectivity index (χ0v) is 6.88. The fourth-order valence-electron chi connectivity index (χ4n) is 0.756. The Hall–Kier alpha value is -0.730. The Balaban J connectivity index is 2.68. The summed E-state index contributed by atoms with van der Waals surface area (Å²) in [5.74, 6) is 0.421. The molecular formula is C9H9OS. The minimum absolute atomic E-state index is 0.421. The molecule has 1 radical (unpaired) electrons. The molecule has 0 saturated heterocycles. The van der Waals surface area contributed by atoms with Crippen molar-refractivity contribution in [3.05, 3.63) is 43.0 Å². The SMILES string of the molecule is [CH]=CC[S+]([O-])c1ccccc1. The van der Waals surface area contributed by atoms with Gasteiger partial charge in [0.1, 0.15) is 5.75 Å². The zero-order valence-electron chi connectivity index (χ0n) is 6.07. The number of benzene rings is 1. The van der Waals surface area contributed by atoms with E-state index < -0.39 is 11.2 Å². The Morgan fingerprint density at radius 2 is 2.00 bits per heavy atom. The molecule has 0 fully saturated rings. The van der Waals surface area contributed by atoms with Crippen LogP contribution in [0.5, 0.6) is 0 Å². The second kappa shape index (κ2) is 4.21. The lowest BCUT2D eigenvalue weighted by atomic mass is 10.4. The van der Waals surface area contributed by atoms with Crippen molar-refractivity contribution in [3.8, 4) is 0 Å². The molecule has 1 nitrogen and oxygen atoms in total. The van der Waals surface area contributed by atoms with Crippen molar-refractivity contribution < 1.29 is 4.55 Å². The van der Waals surface area contributed by atoms with Crippen LogP contribution in [0.1, 0.15) is 0 Å². The molecule has 1 aromatic rings. The highest BCUT2D eigenvalue weighted by molar-refractivity contribution is 7.91. The van der Waals surface area contributed by atoms with E-state index >= 15 is 0 Å². The van der Waals surface area contributed by atoms with Crippen LogP contribution >= 0.6 is 0 Å². The first kappa shape index (κ1) is 8.37. The van der Waals surface area contributed by atoms with Gasteiger partial charge in [-0.15, -0.1) is 0 Å². The molecule has 57 valence electrons. The van der Waals surface area contributed by atoms with Crippen LogP contribution in [-0.2, 0) is 11.2 Å². The summed E-state index contributed by atoms with van der Waals surface area (Å²) in [5.41, 5.74) is 0. The Bertz CT molecular complexity index is 220. The van der Waals surface area contributed by atoms with Crippen LogP contribution < -0.4 is 0 Å². The number of hydrogen-bond donors (Lipinski definition) is 0. The minimum Gasteiger partial charge on any atom is -0.611 e. The molecule has 2 heteroatoms. The Labute approximate surface area is 69.9 Å². The molecule has 1 rings (SSSR count). The van der Waals surface area contributed by atoms with Gasteiger partial charge in [0.2, 0.25) is 0 Å². The molecule has 0 saturated carbocycles. The molecule has 0 aliphatic rings. The van der Waals surface area contributed by atoms with Gasteiger partial charge in [-0.1, -0.05) is 24.8 Å². The Kier molecular flexibility index (Phi) is 3.20. The predicted octanol–water partition coefficient (Wildman–Crippen LogP) is 1.78. The van der Waals surface area contributed by atoms with E-state index in [9.17, 15) is 4.55 Å². The minimum atomic E-state index is -0.964. The standard InChI is InChI=1S/C9H9OS/c1-2-8-11(10)9-6-4-3-5-7-9/h1-7H,8H2. The molecule has 1 aromatic carbocycles. The topological polar surface area (TPSA) is 23.1 Å². The summed E-state index contributed by atoms with van der Waals surface area (Å²) in [6.45, 7) is 5.15. The molecule has 0 aliphatic heterocycles. The van der Waals surface area contributed by atoms with Crippen molar-refractivity contribution in [1.29, 1.82) is 0 Å². The largest absolute Gasteiger partial charge is 0.611 e. The molecule has 0 aliphatic carbocycles. The second-order valence-electron chi connectivity index (χ2n) is 2.06. The third kappa shape index (κ3) is 2.41. The van der Waals surface area contributed by atoms with Crippen molar-refractivity contribution in [2.24, 2.45) is 0 Å². The van der Waals surface area contributed by atoms with E-state index in [4.69, 9.17) is 6.58 Å². The highest BCUT2D eigenvalue weighted by atomic mass is 32.2. The van der Waals surface area contributed by atoms with Gasteiger partial charge in [-0.25, -0.2) is 0 Å². The predicted molar refractivity (Wildman–Crippen MR) is 46.6 cm³/mol. The molecule has 0 N–H and O–H groups in total. The van der Waals surface area contributed by atoms with Gasteiger partial charge in [-0.05, 0) is 29.4 Å². The van der Waals surface area contributed by atoms with E-state index in [2.05, 4.69) is 0 Å². The van der Waals surface area contributed by atoms with Crippen LogP contribution in [0.25, 0.3) is 0 Å². The summed E-state index contributed by atoms with van der Waals surface area (Å²) < 4.78 is 11.2. The molecule has 0 aromatic heterocycles. The lowest BCUT2D eigenvalue weighted by molar-refractivity contribution is 0.598. The molecule has 11 heavy (non-hydrogen) atoms. The summed E-state index contributed by atoms with van der Waals surface area (Å²) in [6, 6.07) is 9.29. The van der Waals surface area contributed by atoms with Gasteiger partial charge in [0, 0.05) is 0 Å². The quantitative estimate of drug-likeness (QED) is 0.626. The summed E-state index contributed by atoms with van der Waals surface area (Å²) in [5, 5.41) is 0. The average Bonchev–Trinajstić information content (AvgIpc) is 2.07. The second-order valence-corrected chi connectivity index (χ2v) is 3.56. The van der Waals surface area contributed by atoms with Crippen LogP contribution in [0.3, 0.4) is 0 Å². The number of rotatable bonds is 3. The van der Waals surface area contributed by atoms with Crippen LogP contribution in [0, 0.1) is 6.58 Å². The fourth-order valence-corrected chi connectivity index (χ4v) is 1.58. The maximum absolute atomic E-state index is 11.2. The zero-order chi connectivity index (χ0) is 8.10. The molecule has 1 atom stereocenters. The van der Waals surface area contributed by atoms with Crippen molar-refractivity contribution >= 4 is 11.2 Å². The maximum Gasteiger partial charge on any atom is 0.152 e. The highest BCUT2D eigenvalue weighted by Gasteiger charge is 2.05. The Morgan fingerprint density at radius 1 is 1.36 bits per heavy atom. The lowest BCUT2D eigenvalue weighted by Gasteiger charge is -2.06. The van der Waals surface area contributed by atoms with Crippen molar-refractivity contribution in [1.82, 2.24) is 0 Å². The normalized spacial score (nSPS) is 12.5. The van der Waals surface area contributed by atoms with Crippen LogP contribution in [0.2, 0.25) is 0 Å². The van der Waals surface area contributed by atoms with Gasteiger partial charge < -0.3 is 4.55 Å². The van der Waals surface area contributed by atoms with E-state index in [1.54, 1.807) is 0 Å². The number of hydrogen-bond acceptors (Lipinski definition) is 1. The lowest BCUT2D eigenvalue weighted by Crippen LogP contribution is -2.03. The maximum atomic E-state index is 11.2.